The van der Waals surface area contributed by atoms with Crippen molar-refractivity contribution < 1.29 is 15.0 Å². The quantitative estimate of drug-likeness (QED) is 0.333. The Morgan fingerprint density at radius 1 is 0.861 bits per heavy atom. The summed E-state index contributed by atoms with van der Waals surface area (Å²) in [5.74, 6) is 5.42. The van der Waals surface area contributed by atoms with Gasteiger partial charge in [-0.25, -0.2) is 0 Å². The molecule has 2 N–H and O–H groups in total. The molecule has 3 aromatic rings. The van der Waals surface area contributed by atoms with E-state index in [1.54, 1.807) is 12.4 Å². The van der Waals surface area contributed by atoms with E-state index in [1.165, 1.54) is 11.1 Å². The number of nitrogens with zero attached hydrogens (tertiary/aromatic N) is 1. The van der Waals surface area contributed by atoms with Crippen LogP contribution >= 0.6 is 0 Å². The Morgan fingerprint density at radius 2 is 1.50 bits per heavy atom. The average molecular weight is 484 g/mol. The maximum absolute atomic E-state index is 11.1. The highest BCUT2D eigenvalue weighted by molar-refractivity contribution is 5.71. The second-order valence-corrected chi connectivity index (χ2v) is 9.54. The molecule has 36 heavy (non-hydrogen) atoms. The molecule has 0 radical (unpaired) electrons. The van der Waals surface area contributed by atoms with Gasteiger partial charge in [0, 0.05) is 28.9 Å². The predicted molar refractivity (Wildman–Crippen MR) is 146 cm³/mol. The fraction of sp³-hybridized carbons (Fsp3) is 0.375. The molecule has 0 atom stereocenters. The van der Waals surface area contributed by atoms with E-state index >= 15 is 0 Å². The van der Waals surface area contributed by atoms with Crippen molar-refractivity contribution in [3.05, 3.63) is 88.7 Å². The summed E-state index contributed by atoms with van der Waals surface area (Å²) in [6.07, 6.45) is 6.46. The molecule has 0 unspecified atom stereocenters. The minimum absolute atomic E-state index is 0.0381. The van der Waals surface area contributed by atoms with Crippen molar-refractivity contribution in [1.82, 2.24) is 4.98 Å². The monoisotopic (exact) mass is 483 g/mol. The van der Waals surface area contributed by atoms with Crippen molar-refractivity contribution in [2.45, 2.75) is 77.7 Å². The van der Waals surface area contributed by atoms with Gasteiger partial charge in [0.1, 0.15) is 5.60 Å². The minimum Gasteiger partial charge on any atom is -0.481 e. The third-order valence-electron chi connectivity index (χ3n) is 7.51. The smallest absolute Gasteiger partial charge is 0.307 e. The van der Waals surface area contributed by atoms with Crippen LogP contribution in [0.4, 0.5) is 0 Å². The first-order valence-electron chi connectivity index (χ1n) is 12.8. The SMILES string of the molecule is CCC(O)(C#Cc1ccc(C(CC)(CC)c2ccc(-c3cncc(CC(=O)O)c3)cc2)cc1C)CC. The van der Waals surface area contributed by atoms with Gasteiger partial charge in [-0.05, 0) is 72.6 Å². The van der Waals surface area contributed by atoms with Gasteiger partial charge in [-0.1, -0.05) is 75.9 Å². The molecule has 1 heterocycles. The number of aliphatic hydroxyl groups is 1. The van der Waals surface area contributed by atoms with E-state index in [4.69, 9.17) is 5.11 Å². The molecule has 3 rings (SSSR count). The van der Waals surface area contributed by atoms with E-state index in [9.17, 15) is 9.90 Å². The van der Waals surface area contributed by atoms with E-state index in [0.717, 1.165) is 35.1 Å². The molecule has 0 saturated carbocycles. The van der Waals surface area contributed by atoms with Crippen molar-refractivity contribution in [3.63, 3.8) is 0 Å². The zero-order chi connectivity index (χ0) is 26.3. The van der Waals surface area contributed by atoms with Crippen LogP contribution in [0.15, 0.2) is 60.9 Å². The Balaban J connectivity index is 1.95. The van der Waals surface area contributed by atoms with E-state index in [2.05, 4.69) is 80.1 Å². The topological polar surface area (TPSA) is 70.4 Å². The van der Waals surface area contributed by atoms with Gasteiger partial charge in [-0.15, -0.1) is 0 Å². The van der Waals surface area contributed by atoms with Crippen LogP contribution in [0, 0.1) is 18.8 Å². The van der Waals surface area contributed by atoms with Crippen molar-refractivity contribution in [3.8, 4) is 23.0 Å². The number of rotatable bonds is 9. The Kier molecular flexibility index (Phi) is 8.71. The molecule has 0 fully saturated rings. The highest BCUT2D eigenvalue weighted by atomic mass is 16.4. The lowest BCUT2D eigenvalue weighted by molar-refractivity contribution is -0.136. The first kappa shape index (κ1) is 27.2. The van der Waals surface area contributed by atoms with Crippen molar-refractivity contribution >= 4 is 5.97 Å². The van der Waals surface area contributed by atoms with Crippen LogP contribution in [0.3, 0.4) is 0 Å². The molecule has 188 valence electrons. The van der Waals surface area contributed by atoms with Gasteiger partial charge in [0.2, 0.25) is 0 Å². The summed E-state index contributed by atoms with van der Waals surface area (Å²) in [4.78, 5) is 15.3. The fourth-order valence-electron chi connectivity index (χ4n) is 4.84. The van der Waals surface area contributed by atoms with Crippen LogP contribution < -0.4 is 0 Å². The summed E-state index contributed by atoms with van der Waals surface area (Å²) in [6.45, 7) is 10.4. The summed E-state index contributed by atoms with van der Waals surface area (Å²) in [7, 11) is 0. The Labute approximate surface area is 215 Å². The van der Waals surface area contributed by atoms with Gasteiger partial charge in [-0.3, -0.25) is 9.78 Å². The standard InChI is InChI=1S/C32H37NO3/c1-6-31(36,7-2)17-16-25-10-15-29(18-23(25)5)32(8-3,9-4)28-13-11-26(12-14-28)27-19-24(20-30(34)35)21-33-22-27/h10-15,18-19,21-22,36H,6-9,20H2,1-5H3,(H,34,35). The Morgan fingerprint density at radius 3 is 2.06 bits per heavy atom. The molecule has 4 nitrogen and oxygen atoms in total. The second kappa shape index (κ2) is 11.5. The van der Waals surface area contributed by atoms with Crippen LogP contribution in [-0.4, -0.2) is 26.8 Å². The maximum atomic E-state index is 11.1. The number of aryl methyl sites for hydroxylation is 1. The first-order valence-corrected chi connectivity index (χ1v) is 12.8. The molecular formula is C32H37NO3. The van der Waals surface area contributed by atoms with Gasteiger partial charge in [0.25, 0.3) is 0 Å². The summed E-state index contributed by atoms with van der Waals surface area (Å²) < 4.78 is 0. The lowest BCUT2D eigenvalue weighted by Crippen LogP contribution is -2.26. The molecule has 0 spiro atoms. The number of aliphatic carboxylic acids is 1. The lowest BCUT2D eigenvalue weighted by atomic mass is 9.70. The number of aromatic nitrogens is 1. The van der Waals surface area contributed by atoms with Gasteiger partial charge in [0.15, 0.2) is 0 Å². The molecule has 0 aliphatic rings. The average Bonchev–Trinajstić information content (AvgIpc) is 2.89. The number of hydrogen-bond donors (Lipinski definition) is 2. The zero-order valence-corrected chi connectivity index (χ0v) is 22.1. The summed E-state index contributed by atoms with van der Waals surface area (Å²) >= 11 is 0. The summed E-state index contributed by atoms with van der Waals surface area (Å²) in [6, 6.07) is 16.9. The third-order valence-corrected chi connectivity index (χ3v) is 7.51. The first-order chi connectivity index (χ1) is 17.2. The molecule has 4 heteroatoms. The van der Waals surface area contributed by atoms with E-state index in [-0.39, 0.29) is 11.8 Å². The Bertz CT molecular complexity index is 1260. The molecule has 0 saturated heterocycles. The van der Waals surface area contributed by atoms with Gasteiger partial charge < -0.3 is 10.2 Å². The molecule has 0 aliphatic heterocycles. The van der Waals surface area contributed by atoms with E-state index < -0.39 is 11.6 Å². The van der Waals surface area contributed by atoms with Crippen LogP contribution in [0.1, 0.15) is 81.2 Å². The van der Waals surface area contributed by atoms with Crippen LogP contribution in [0.5, 0.6) is 0 Å². The number of hydrogen-bond acceptors (Lipinski definition) is 3. The van der Waals surface area contributed by atoms with Crippen LogP contribution in [-0.2, 0) is 16.6 Å². The maximum Gasteiger partial charge on any atom is 0.307 e. The van der Waals surface area contributed by atoms with Crippen molar-refractivity contribution in [1.29, 1.82) is 0 Å². The van der Waals surface area contributed by atoms with E-state index in [1.807, 2.05) is 19.9 Å². The summed E-state index contributed by atoms with van der Waals surface area (Å²) in [5.41, 5.74) is 6.11. The molecule has 0 amide bonds. The largest absolute Gasteiger partial charge is 0.481 e. The highest BCUT2D eigenvalue weighted by Gasteiger charge is 2.31. The number of benzene rings is 2. The third kappa shape index (κ3) is 5.86. The number of carboxylic acid groups (broad SMARTS) is 1. The van der Waals surface area contributed by atoms with Crippen LogP contribution in [0.2, 0.25) is 0 Å². The molecule has 0 aliphatic carbocycles. The highest BCUT2D eigenvalue weighted by Crippen LogP contribution is 2.40. The fourth-order valence-corrected chi connectivity index (χ4v) is 4.84. The van der Waals surface area contributed by atoms with Gasteiger partial charge in [0.05, 0.1) is 6.42 Å². The summed E-state index contributed by atoms with van der Waals surface area (Å²) in [5, 5.41) is 19.6. The van der Waals surface area contributed by atoms with Crippen molar-refractivity contribution in [2.24, 2.45) is 0 Å². The minimum atomic E-state index is -0.938. The second-order valence-electron chi connectivity index (χ2n) is 9.54. The zero-order valence-electron chi connectivity index (χ0n) is 22.1. The van der Waals surface area contributed by atoms with Crippen LogP contribution in [0.25, 0.3) is 11.1 Å². The number of carbonyl (C=O) groups is 1. The Hall–Kier alpha value is -3.42. The molecular weight excluding hydrogens is 446 g/mol. The normalized spacial score (nSPS) is 11.6. The van der Waals surface area contributed by atoms with Gasteiger partial charge >= 0.3 is 5.97 Å². The number of pyridine rings is 1. The lowest BCUT2D eigenvalue weighted by Gasteiger charge is -2.34. The molecule has 1 aromatic heterocycles. The van der Waals surface area contributed by atoms with E-state index in [0.29, 0.717) is 18.4 Å². The number of carboxylic acids is 1. The molecule has 0 bridgehead atoms. The molecule has 2 aromatic carbocycles. The van der Waals surface area contributed by atoms with Crippen molar-refractivity contribution in [2.75, 3.05) is 0 Å². The predicted octanol–water partition coefficient (Wildman–Crippen LogP) is 6.69. The van der Waals surface area contributed by atoms with Gasteiger partial charge in [-0.2, -0.15) is 0 Å².